The van der Waals surface area contributed by atoms with Crippen LogP contribution in [0.25, 0.3) is 10.3 Å². The quantitative estimate of drug-likeness (QED) is 0.520. The number of piperidine rings is 1. The predicted octanol–water partition coefficient (Wildman–Crippen LogP) is 3.16. The Balaban J connectivity index is 1.50. The first-order chi connectivity index (χ1) is 16.8. The summed E-state index contributed by atoms with van der Waals surface area (Å²) in [7, 11) is 0. The minimum atomic E-state index is -0.291. The number of amides is 2. The molecule has 2 N–H and O–H groups in total. The molecule has 2 aromatic heterocycles. The van der Waals surface area contributed by atoms with E-state index < -0.39 is 0 Å². The molecule has 1 saturated heterocycles. The molecule has 1 aromatic carbocycles. The number of thiazole rings is 1. The maximum absolute atomic E-state index is 13.1. The molecule has 9 nitrogen and oxygen atoms in total. The van der Waals surface area contributed by atoms with Crippen LogP contribution >= 0.6 is 11.3 Å². The van der Waals surface area contributed by atoms with Gasteiger partial charge in [-0.1, -0.05) is 36.0 Å². The summed E-state index contributed by atoms with van der Waals surface area (Å²) in [4.78, 5) is 49.2. The average molecular weight is 497 g/mol. The summed E-state index contributed by atoms with van der Waals surface area (Å²) in [5.41, 5.74) is 3.94. The number of carbonyl (C=O) groups excluding carboxylic acids is 2. The third-order valence-corrected chi connectivity index (χ3v) is 7.33. The van der Waals surface area contributed by atoms with Crippen molar-refractivity contribution in [3.8, 4) is 0 Å². The van der Waals surface area contributed by atoms with Crippen molar-refractivity contribution in [1.82, 2.24) is 19.9 Å². The third-order valence-electron chi connectivity index (χ3n) is 6.24. The Hall–Kier alpha value is -3.27. The van der Waals surface area contributed by atoms with Gasteiger partial charge in [-0.2, -0.15) is 4.98 Å². The van der Waals surface area contributed by atoms with E-state index in [2.05, 4.69) is 25.5 Å². The fourth-order valence-corrected chi connectivity index (χ4v) is 5.56. The summed E-state index contributed by atoms with van der Waals surface area (Å²) in [6.07, 6.45) is 4.01. The number of fused-ring (bicyclic) bond motifs is 1. The van der Waals surface area contributed by atoms with Crippen LogP contribution in [0.3, 0.4) is 0 Å². The van der Waals surface area contributed by atoms with E-state index in [0.717, 1.165) is 48.2 Å². The van der Waals surface area contributed by atoms with Crippen LogP contribution in [-0.4, -0.2) is 46.0 Å². The van der Waals surface area contributed by atoms with Gasteiger partial charge in [-0.05, 0) is 51.2 Å². The number of aryl methyl sites for hydroxylation is 3. The van der Waals surface area contributed by atoms with Crippen molar-refractivity contribution >= 4 is 44.3 Å². The number of nitrogens with zero attached hydrogens (tertiary/aromatic N) is 4. The zero-order valence-electron chi connectivity index (χ0n) is 20.7. The summed E-state index contributed by atoms with van der Waals surface area (Å²) in [6, 6.07) is 4.03. The molecule has 1 atom stereocenters. The van der Waals surface area contributed by atoms with Gasteiger partial charge >= 0.3 is 0 Å². The lowest BCUT2D eigenvalue weighted by molar-refractivity contribution is -0.125. The normalized spacial score (nSPS) is 15.9. The lowest BCUT2D eigenvalue weighted by atomic mass is 9.97. The zero-order valence-corrected chi connectivity index (χ0v) is 21.5. The van der Waals surface area contributed by atoms with Crippen molar-refractivity contribution in [2.75, 3.05) is 29.9 Å². The van der Waals surface area contributed by atoms with Crippen molar-refractivity contribution in [1.29, 1.82) is 0 Å². The molecule has 1 fully saturated rings. The van der Waals surface area contributed by atoms with Gasteiger partial charge in [-0.3, -0.25) is 19.0 Å². The van der Waals surface area contributed by atoms with Crippen molar-refractivity contribution in [3.63, 3.8) is 0 Å². The van der Waals surface area contributed by atoms with E-state index in [1.54, 1.807) is 0 Å². The Morgan fingerprint density at radius 3 is 2.66 bits per heavy atom. The number of benzene rings is 1. The first-order valence-electron chi connectivity index (χ1n) is 12.0. The summed E-state index contributed by atoms with van der Waals surface area (Å²) >= 11 is 1.27. The van der Waals surface area contributed by atoms with E-state index in [9.17, 15) is 14.4 Å². The van der Waals surface area contributed by atoms with Gasteiger partial charge in [0.1, 0.15) is 17.6 Å². The average Bonchev–Trinajstić information content (AvgIpc) is 3.27. The zero-order chi connectivity index (χ0) is 25.1. The number of carbonyl (C=O) groups is 2. The van der Waals surface area contributed by atoms with E-state index in [4.69, 9.17) is 0 Å². The highest BCUT2D eigenvalue weighted by molar-refractivity contribution is 7.22. The van der Waals surface area contributed by atoms with E-state index >= 15 is 0 Å². The molecule has 186 valence electrons. The standard InChI is InChI=1S/C25H32N6O3S/c1-5-8-26-23(33)18-7-6-9-30(12-18)25-29-22-21(35-25)24(34)31(14-27-22)13-19(32)28-20-16(3)10-15(2)11-17(20)4/h10-11,14,18H,5-9,12-13H2,1-4H3,(H,26,33)(H,28,32)/t18-/m0/s1. The van der Waals surface area contributed by atoms with E-state index in [-0.39, 0.29) is 29.8 Å². The van der Waals surface area contributed by atoms with Crippen LogP contribution in [-0.2, 0) is 16.1 Å². The molecule has 1 aliphatic heterocycles. The second-order valence-electron chi connectivity index (χ2n) is 9.22. The van der Waals surface area contributed by atoms with Crippen LogP contribution in [0.15, 0.2) is 23.3 Å². The molecule has 0 radical (unpaired) electrons. The van der Waals surface area contributed by atoms with Gasteiger partial charge in [0.05, 0.1) is 5.92 Å². The molecule has 3 heterocycles. The minimum Gasteiger partial charge on any atom is -0.356 e. The number of aromatic nitrogens is 3. The van der Waals surface area contributed by atoms with Crippen molar-refractivity contribution in [2.24, 2.45) is 5.92 Å². The second-order valence-corrected chi connectivity index (χ2v) is 10.2. The van der Waals surface area contributed by atoms with Crippen LogP contribution in [0.5, 0.6) is 0 Å². The monoisotopic (exact) mass is 496 g/mol. The topological polar surface area (TPSA) is 109 Å². The number of hydrogen-bond acceptors (Lipinski definition) is 7. The second kappa shape index (κ2) is 10.6. The molecule has 35 heavy (non-hydrogen) atoms. The minimum absolute atomic E-state index is 0.0724. The molecule has 0 spiro atoms. The highest BCUT2D eigenvalue weighted by Crippen LogP contribution is 2.29. The molecule has 1 aliphatic rings. The van der Waals surface area contributed by atoms with Crippen LogP contribution in [0.1, 0.15) is 42.9 Å². The Bertz CT molecular complexity index is 1290. The largest absolute Gasteiger partial charge is 0.356 e. The highest BCUT2D eigenvalue weighted by Gasteiger charge is 2.28. The lowest BCUT2D eigenvalue weighted by Crippen LogP contribution is -2.43. The molecule has 0 aliphatic carbocycles. The number of nitrogens with one attached hydrogen (secondary N) is 2. The first-order valence-corrected chi connectivity index (χ1v) is 12.8. The van der Waals surface area contributed by atoms with Gasteiger partial charge in [0.2, 0.25) is 11.8 Å². The van der Waals surface area contributed by atoms with E-state index in [1.807, 2.05) is 39.8 Å². The summed E-state index contributed by atoms with van der Waals surface area (Å²) in [6.45, 7) is 9.84. The van der Waals surface area contributed by atoms with Gasteiger partial charge in [-0.25, -0.2) is 4.98 Å². The van der Waals surface area contributed by atoms with Crippen LogP contribution < -0.4 is 21.1 Å². The molecule has 2 amide bonds. The maximum atomic E-state index is 13.1. The highest BCUT2D eigenvalue weighted by atomic mass is 32.1. The molecule has 0 unspecified atom stereocenters. The van der Waals surface area contributed by atoms with Crippen LogP contribution in [0, 0.1) is 26.7 Å². The number of rotatable bonds is 7. The Kier molecular flexibility index (Phi) is 7.49. The molecule has 4 rings (SSSR count). The van der Waals surface area contributed by atoms with Gasteiger partial charge in [0.25, 0.3) is 5.56 Å². The summed E-state index contributed by atoms with van der Waals surface area (Å²) in [5.74, 6) is -0.308. The molecule has 10 heteroatoms. The SMILES string of the molecule is CCCNC(=O)[C@H]1CCCN(c2nc3ncn(CC(=O)Nc4c(C)cc(C)cc4C)c(=O)c3s2)C1. The fourth-order valence-electron chi connectivity index (χ4n) is 4.55. The lowest BCUT2D eigenvalue weighted by Gasteiger charge is -2.31. The van der Waals surface area contributed by atoms with Gasteiger partial charge in [0, 0.05) is 25.3 Å². The number of anilines is 2. The van der Waals surface area contributed by atoms with Gasteiger partial charge in [0.15, 0.2) is 10.8 Å². The van der Waals surface area contributed by atoms with Crippen molar-refractivity contribution in [3.05, 3.63) is 45.5 Å². The maximum Gasteiger partial charge on any atom is 0.273 e. The summed E-state index contributed by atoms with van der Waals surface area (Å²) in [5, 5.41) is 6.59. The molecule has 0 bridgehead atoms. The van der Waals surface area contributed by atoms with Crippen LogP contribution in [0.4, 0.5) is 10.8 Å². The van der Waals surface area contributed by atoms with E-state index in [1.165, 1.54) is 22.2 Å². The van der Waals surface area contributed by atoms with Gasteiger partial charge in [-0.15, -0.1) is 0 Å². The van der Waals surface area contributed by atoms with Crippen molar-refractivity contribution in [2.45, 2.75) is 53.5 Å². The Morgan fingerprint density at radius 1 is 1.20 bits per heavy atom. The molecular weight excluding hydrogens is 464 g/mol. The first kappa shape index (κ1) is 24.8. The van der Waals surface area contributed by atoms with Crippen LogP contribution in [0.2, 0.25) is 0 Å². The molecular formula is C25H32N6O3S. The Morgan fingerprint density at radius 2 is 1.94 bits per heavy atom. The van der Waals surface area contributed by atoms with Crippen molar-refractivity contribution < 1.29 is 9.59 Å². The Labute approximate surface area is 208 Å². The number of hydrogen-bond donors (Lipinski definition) is 2. The predicted molar refractivity (Wildman–Crippen MR) is 139 cm³/mol. The van der Waals surface area contributed by atoms with Gasteiger partial charge < -0.3 is 15.5 Å². The summed E-state index contributed by atoms with van der Waals surface area (Å²) < 4.78 is 1.73. The van der Waals surface area contributed by atoms with E-state index in [0.29, 0.717) is 28.6 Å². The fraction of sp³-hybridized carbons (Fsp3) is 0.480. The molecule has 3 aromatic rings. The molecule has 0 saturated carbocycles. The third kappa shape index (κ3) is 5.53. The smallest absolute Gasteiger partial charge is 0.273 e.